The summed E-state index contributed by atoms with van der Waals surface area (Å²) in [6.45, 7) is 3.58. The highest BCUT2D eigenvalue weighted by molar-refractivity contribution is 5.77. The summed E-state index contributed by atoms with van der Waals surface area (Å²) in [6.07, 6.45) is 5.11. The molecule has 2 heterocycles. The van der Waals surface area contributed by atoms with Crippen molar-refractivity contribution in [3.05, 3.63) is 63.1 Å². The quantitative estimate of drug-likeness (QED) is 0.597. The largest absolute Gasteiger partial charge is 0.327 e. The molecule has 2 atom stereocenters. The maximum absolute atomic E-state index is 12.3. The molecule has 2 N–H and O–H groups in total. The number of aromatic nitrogens is 4. The predicted molar refractivity (Wildman–Crippen MR) is 104 cm³/mol. The molecule has 0 aliphatic rings. The minimum atomic E-state index is -0.563. The van der Waals surface area contributed by atoms with Gasteiger partial charge in [0.05, 0.1) is 12.4 Å². The van der Waals surface area contributed by atoms with Gasteiger partial charge in [0.15, 0.2) is 11.2 Å². The molecule has 0 saturated carbocycles. The summed E-state index contributed by atoms with van der Waals surface area (Å²) < 4.78 is 1.83. The SMILES string of the molecule is CC(=O)C(C)CCCCC(c1ccccc1)n1cnc2[nH]c(=O)[nH]c(=O)c21. The molecule has 0 bridgehead atoms. The number of benzene rings is 1. The van der Waals surface area contributed by atoms with Gasteiger partial charge in [-0.3, -0.25) is 19.6 Å². The van der Waals surface area contributed by atoms with Crippen LogP contribution in [0, 0.1) is 5.92 Å². The first-order valence-electron chi connectivity index (χ1n) is 9.22. The summed E-state index contributed by atoms with van der Waals surface area (Å²) in [5.74, 6) is 0.285. The zero-order valence-corrected chi connectivity index (χ0v) is 15.6. The molecule has 0 radical (unpaired) electrons. The van der Waals surface area contributed by atoms with Crippen LogP contribution in [-0.2, 0) is 4.79 Å². The first-order chi connectivity index (χ1) is 13.0. The maximum Gasteiger partial charge on any atom is 0.327 e. The lowest BCUT2D eigenvalue weighted by Gasteiger charge is -2.20. The van der Waals surface area contributed by atoms with Gasteiger partial charge < -0.3 is 4.57 Å². The first-order valence-corrected chi connectivity index (χ1v) is 9.22. The maximum atomic E-state index is 12.3. The zero-order chi connectivity index (χ0) is 19.4. The number of Topliss-reactive ketones (excluding diaryl/α,β-unsaturated/α-hetero) is 1. The van der Waals surface area contributed by atoms with Crippen LogP contribution < -0.4 is 11.2 Å². The van der Waals surface area contributed by atoms with Gasteiger partial charge in [0.25, 0.3) is 5.56 Å². The molecule has 0 saturated heterocycles. The lowest BCUT2D eigenvalue weighted by molar-refractivity contribution is -0.120. The summed E-state index contributed by atoms with van der Waals surface area (Å²) >= 11 is 0. The fraction of sp³-hybridized carbons (Fsp3) is 0.400. The number of rotatable bonds is 8. The third-order valence-corrected chi connectivity index (χ3v) is 5.05. The highest BCUT2D eigenvalue weighted by Gasteiger charge is 2.19. The van der Waals surface area contributed by atoms with Crippen molar-refractivity contribution in [1.82, 2.24) is 19.5 Å². The molecule has 2 unspecified atom stereocenters. The monoisotopic (exact) mass is 368 g/mol. The number of fused-ring (bicyclic) bond motifs is 1. The number of ketones is 1. The number of carbonyl (C=O) groups is 1. The second-order valence-corrected chi connectivity index (χ2v) is 6.98. The van der Waals surface area contributed by atoms with Crippen molar-refractivity contribution in [2.75, 3.05) is 0 Å². The summed E-state index contributed by atoms with van der Waals surface area (Å²) in [5.41, 5.74) is 0.710. The van der Waals surface area contributed by atoms with Crippen LogP contribution in [0.2, 0.25) is 0 Å². The molecule has 27 heavy (non-hydrogen) atoms. The van der Waals surface area contributed by atoms with Crippen LogP contribution in [0.3, 0.4) is 0 Å². The van der Waals surface area contributed by atoms with Crippen LogP contribution in [0.15, 0.2) is 46.2 Å². The highest BCUT2D eigenvalue weighted by atomic mass is 16.2. The van der Waals surface area contributed by atoms with Crippen molar-refractivity contribution in [2.45, 2.75) is 45.6 Å². The zero-order valence-electron chi connectivity index (χ0n) is 15.6. The smallest absolute Gasteiger partial charge is 0.317 e. The van der Waals surface area contributed by atoms with E-state index in [-0.39, 0.29) is 23.4 Å². The molecule has 1 aromatic carbocycles. The Morgan fingerprint density at radius 2 is 1.81 bits per heavy atom. The second kappa shape index (κ2) is 8.16. The van der Waals surface area contributed by atoms with Gasteiger partial charge in [-0.15, -0.1) is 0 Å². The summed E-state index contributed by atoms with van der Waals surface area (Å²) in [4.78, 5) is 44.3. The number of nitrogens with one attached hydrogen (secondary N) is 2. The number of aromatic amines is 2. The molecule has 142 valence electrons. The fourth-order valence-electron chi connectivity index (χ4n) is 3.35. The number of carbonyl (C=O) groups excluding carboxylic acids is 1. The Labute approximate surface area is 156 Å². The van der Waals surface area contributed by atoms with Gasteiger partial charge in [-0.1, -0.05) is 50.1 Å². The van der Waals surface area contributed by atoms with Gasteiger partial charge >= 0.3 is 5.69 Å². The Kier molecular flexibility index (Phi) is 5.69. The molecule has 0 aliphatic carbocycles. The van der Waals surface area contributed by atoms with E-state index in [0.29, 0.717) is 5.52 Å². The molecule has 0 fully saturated rings. The van der Waals surface area contributed by atoms with E-state index in [9.17, 15) is 14.4 Å². The minimum absolute atomic E-state index is 0.0715. The molecule has 0 spiro atoms. The Balaban J connectivity index is 1.89. The van der Waals surface area contributed by atoms with Gasteiger partial charge in [0, 0.05) is 5.92 Å². The summed E-state index contributed by atoms with van der Waals surface area (Å²) in [6, 6.07) is 9.85. The highest BCUT2D eigenvalue weighted by Crippen LogP contribution is 2.27. The predicted octanol–water partition coefficient (Wildman–Crippen LogP) is 2.79. The molecule has 3 aromatic rings. The lowest BCUT2D eigenvalue weighted by atomic mass is 9.96. The van der Waals surface area contributed by atoms with E-state index >= 15 is 0 Å². The van der Waals surface area contributed by atoms with E-state index in [1.165, 1.54) is 0 Å². The normalized spacial score (nSPS) is 13.6. The lowest BCUT2D eigenvalue weighted by Crippen LogP contribution is -2.24. The van der Waals surface area contributed by atoms with E-state index in [4.69, 9.17) is 0 Å². The number of imidazole rings is 1. The number of hydrogen-bond acceptors (Lipinski definition) is 4. The molecule has 7 heteroatoms. The third-order valence-electron chi connectivity index (χ3n) is 5.05. The van der Waals surface area contributed by atoms with E-state index < -0.39 is 11.2 Å². The first kappa shape index (κ1) is 18.8. The fourth-order valence-corrected chi connectivity index (χ4v) is 3.35. The Bertz CT molecular complexity index is 1030. The molecule has 2 aromatic heterocycles. The molecular formula is C20H24N4O3. The van der Waals surface area contributed by atoms with E-state index in [1.807, 2.05) is 41.8 Å². The van der Waals surface area contributed by atoms with Gasteiger partial charge in [-0.25, -0.2) is 9.78 Å². The molecular weight excluding hydrogens is 344 g/mol. The Morgan fingerprint density at radius 3 is 2.52 bits per heavy atom. The molecule has 0 aliphatic heterocycles. The average molecular weight is 368 g/mol. The molecule has 7 nitrogen and oxygen atoms in total. The summed E-state index contributed by atoms with van der Waals surface area (Å²) in [7, 11) is 0. The summed E-state index contributed by atoms with van der Waals surface area (Å²) in [5, 5.41) is 0. The standard InChI is InChI=1S/C20H24N4O3/c1-13(14(2)25)8-6-7-11-16(15-9-4-3-5-10-15)24-12-21-18-17(24)19(26)23-20(27)22-18/h3-5,9-10,12-13,16H,6-8,11H2,1-2H3,(H2,22,23,26,27). The minimum Gasteiger partial charge on any atom is -0.317 e. The van der Waals surface area contributed by atoms with Crippen molar-refractivity contribution < 1.29 is 4.79 Å². The van der Waals surface area contributed by atoms with Crippen LogP contribution in [0.5, 0.6) is 0 Å². The van der Waals surface area contributed by atoms with E-state index in [0.717, 1.165) is 31.2 Å². The number of nitrogens with zero attached hydrogens (tertiary/aromatic N) is 2. The van der Waals surface area contributed by atoms with Crippen molar-refractivity contribution >= 4 is 16.9 Å². The number of unbranched alkanes of at least 4 members (excludes halogenated alkanes) is 1. The van der Waals surface area contributed by atoms with E-state index in [1.54, 1.807) is 13.3 Å². The number of H-pyrrole nitrogens is 2. The van der Waals surface area contributed by atoms with Crippen molar-refractivity contribution in [1.29, 1.82) is 0 Å². The van der Waals surface area contributed by atoms with Gasteiger partial charge in [0.2, 0.25) is 0 Å². The number of hydrogen-bond donors (Lipinski definition) is 2. The second-order valence-electron chi connectivity index (χ2n) is 6.98. The van der Waals surface area contributed by atoms with Crippen molar-refractivity contribution in [3.8, 4) is 0 Å². The van der Waals surface area contributed by atoms with Gasteiger partial charge in [-0.05, 0) is 25.3 Å². The van der Waals surface area contributed by atoms with E-state index in [2.05, 4.69) is 15.0 Å². The van der Waals surface area contributed by atoms with Crippen LogP contribution in [-0.4, -0.2) is 25.3 Å². The Morgan fingerprint density at radius 1 is 1.11 bits per heavy atom. The Hall–Kier alpha value is -2.96. The molecule has 3 rings (SSSR count). The van der Waals surface area contributed by atoms with Crippen LogP contribution in [0.25, 0.3) is 11.2 Å². The molecule has 0 amide bonds. The van der Waals surface area contributed by atoms with Gasteiger partial charge in [-0.2, -0.15) is 0 Å². The van der Waals surface area contributed by atoms with Crippen LogP contribution >= 0.6 is 0 Å². The van der Waals surface area contributed by atoms with Crippen molar-refractivity contribution in [2.24, 2.45) is 5.92 Å². The van der Waals surface area contributed by atoms with Crippen LogP contribution in [0.1, 0.15) is 51.1 Å². The average Bonchev–Trinajstić information content (AvgIpc) is 3.06. The topological polar surface area (TPSA) is 101 Å². The van der Waals surface area contributed by atoms with Gasteiger partial charge in [0.1, 0.15) is 5.78 Å². The van der Waals surface area contributed by atoms with Crippen molar-refractivity contribution in [3.63, 3.8) is 0 Å². The van der Waals surface area contributed by atoms with Crippen LogP contribution in [0.4, 0.5) is 0 Å². The third kappa shape index (κ3) is 4.24.